The van der Waals surface area contributed by atoms with Gasteiger partial charge in [-0.1, -0.05) is 11.6 Å². The summed E-state index contributed by atoms with van der Waals surface area (Å²) >= 11 is 5.71. The minimum absolute atomic E-state index is 0.0932. The van der Waals surface area contributed by atoms with Crippen LogP contribution in [0.5, 0.6) is 0 Å². The SMILES string of the molecule is CCn1ncnc1CC(=O)c1ccc(Cl)cn1. The summed E-state index contributed by atoms with van der Waals surface area (Å²) in [6, 6.07) is 3.25. The third-order valence-corrected chi connectivity index (χ3v) is 2.55. The van der Waals surface area contributed by atoms with E-state index < -0.39 is 0 Å². The highest BCUT2D eigenvalue weighted by molar-refractivity contribution is 6.30. The number of Topliss-reactive ketones (excluding diaryl/α,β-unsaturated/α-hetero) is 1. The van der Waals surface area contributed by atoms with E-state index in [9.17, 15) is 4.79 Å². The number of aromatic nitrogens is 4. The molecule has 17 heavy (non-hydrogen) atoms. The van der Waals surface area contributed by atoms with Crippen LogP contribution in [0.3, 0.4) is 0 Å². The number of halogens is 1. The van der Waals surface area contributed by atoms with Crippen molar-refractivity contribution in [3.63, 3.8) is 0 Å². The highest BCUT2D eigenvalue weighted by atomic mass is 35.5. The van der Waals surface area contributed by atoms with Gasteiger partial charge in [0.25, 0.3) is 0 Å². The van der Waals surface area contributed by atoms with Crippen LogP contribution in [-0.2, 0) is 13.0 Å². The Hall–Kier alpha value is -1.75. The highest BCUT2D eigenvalue weighted by Crippen LogP contribution is 2.08. The Labute approximate surface area is 103 Å². The molecule has 2 aromatic rings. The van der Waals surface area contributed by atoms with Crippen LogP contribution in [0.4, 0.5) is 0 Å². The second-order valence-corrected chi connectivity index (χ2v) is 3.89. The maximum absolute atomic E-state index is 11.9. The topological polar surface area (TPSA) is 60.7 Å². The quantitative estimate of drug-likeness (QED) is 0.776. The number of nitrogens with zero attached hydrogens (tertiary/aromatic N) is 4. The average molecular weight is 251 g/mol. The van der Waals surface area contributed by atoms with E-state index in [0.29, 0.717) is 23.1 Å². The van der Waals surface area contributed by atoms with E-state index in [1.807, 2.05) is 6.92 Å². The third kappa shape index (κ3) is 2.68. The molecule has 5 nitrogen and oxygen atoms in total. The molecule has 0 aromatic carbocycles. The van der Waals surface area contributed by atoms with Crippen LogP contribution in [-0.4, -0.2) is 25.5 Å². The second-order valence-electron chi connectivity index (χ2n) is 3.45. The van der Waals surface area contributed by atoms with Crippen molar-refractivity contribution >= 4 is 17.4 Å². The molecule has 6 heteroatoms. The van der Waals surface area contributed by atoms with Crippen LogP contribution in [0, 0.1) is 0 Å². The van der Waals surface area contributed by atoms with E-state index in [2.05, 4.69) is 15.1 Å². The molecule has 0 radical (unpaired) electrons. The van der Waals surface area contributed by atoms with Gasteiger partial charge < -0.3 is 0 Å². The van der Waals surface area contributed by atoms with Crippen LogP contribution in [0.2, 0.25) is 5.02 Å². The number of hydrogen-bond donors (Lipinski definition) is 0. The third-order valence-electron chi connectivity index (χ3n) is 2.33. The normalized spacial score (nSPS) is 10.5. The van der Waals surface area contributed by atoms with Gasteiger partial charge in [-0.15, -0.1) is 0 Å². The predicted molar refractivity (Wildman–Crippen MR) is 63.0 cm³/mol. The van der Waals surface area contributed by atoms with Crippen molar-refractivity contribution in [1.29, 1.82) is 0 Å². The lowest BCUT2D eigenvalue weighted by Crippen LogP contribution is -2.11. The van der Waals surface area contributed by atoms with Crippen LogP contribution >= 0.6 is 11.6 Å². The molecule has 0 bridgehead atoms. The minimum atomic E-state index is -0.0932. The van der Waals surface area contributed by atoms with Gasteiger partial charge in [0.2, 0.25) is 0 Å². The molecule has 2 aromatic heterocycles. The molecule has 2 rings (SSSR count). The standard InChI is InChI=1S/C11H11ClN4O/c1-2-16-11(14-7-15-16)5-10(17)9-4-3-8(12)6-13-9/h3-4,6-7H,2,5H2,1H3. The Balaban J connectivity index is 2.14. The average Bonchev–Trinajstić information content (AvgIpc) is 2.77. The summed E-state index contributed by atoms with van der Waals surface area (Å²) in [5.74, 6) is 0.554. The fraction of sp³-hybridized carbons (Fsp3) is 0.273. The molecule has 0 atom stereocenters. The number of carbonyl (C=O) groups is 1. The molecule has 88 valence electrons. The summed E-state index contributed by atoms with van der Waals surface area (Å²) in [6.45, 7) is 2.64. The molecule has 0 N–H and O–H groups in total. The molecule has 0 aliphatic heterocycles. The van der Waals surface area contributed by atoms with Crippen LogP contribution < -0.4 is 0 Å². The molecule has 0 aliphatic rings. The van der Waals surface area contributed by atoms with Crippen LogP contribution in [0.15, 0.2) is 24.7 Å². The van der Waals surface area contributed by atoms with Crippen molar-refractivity contribution in [2.75, 3.05) is 0 Å². The smallest absolute Gasteiger partial charge is 0.188 e. The lowest BCUT2D eigenvalue weighted by Gasteiger charge is -2.02. The molecule has 0 unspecified atom stereocenters. The number of ketones is 1. The van der Waals surface area contributed by atoms with E-state index in [1.165, 1.54) is 12.5 Å². The first-order chi connectivity index (χ1) is 8.20. The first-order valence-corrected chi connectivity index (χ1v) is 5.60. The Morgan fingerprint density at radius 1 is 1.41 bits per heavy atom. The molecular formula is C11H11ClN4O. The van der Waals surface area contributed by atoms with E-state index in [0.717, 1.165) is 0 Å². The van der Waals surface area contributed by atoms with Crippen LogP contribution in [0.1, 0.15) is 23.2 Å². The highest BCUT2D eigenvalue weighted by Gasteiger charge is 2.12. The lowest BCUT2D eigenvalue weighted by molar-refractivity contribution is 0.0984. The molecule has 2 heterocycles. The van der Waals surface area contributed by atoms with Crippen molar-refractivity contribution in [3.8, 4) is 0 Å². The van der Waals surface area contributed by atoms with Crippen molar-refractivity contribution in [3.05, 3.63) is 41.2 Å². The first-order valence-electron chi connectivity index (χ1n) is 5.22. The van der Waals surface area contributed by atoms with Gasteiger partial charge in [0, 0.05) is 12.7 Å². The maximum atomic E-state index is 11.9. The van der Waals surface area contributed by atoms with Crippen LogP contribution in [0.25, 0.3) is 0 Å². The summed E-state index contributed by atoms with van der Waals surface area (Å²) in [7, 11) is 0. The van der Waals surface area contributed by atoms with E-state index in [-0.39, 0.29) is 12.2 Å². The van der Waals surface area contributed by atoms with Gasteiger partial charge >= 0.3 is 0 Å². The number of aryl methyl sites for hydroxylation is 1. The van der Waals surface area contributed by atoms with Gasteiger partial charge in [-0.2, -0.15) is 5.10 Å². The molecule has 0 saturated heterocycles. The van der Waals surface area contributed by atoms with Crippen molar-refractivity contribution in [1.82, 2.24) is 19.7 Å². The van der Waals surface area contributed by atoms with Gasteiger partial charge in [0.1, 0.15) is 17.8 Å². The Morgan fingerprint density at radius 2 is 2.24 bits per heavy atom. The molecule has 0 fully saturated rings. The summed E-state index contributed by atoms with van der Waals surface area (Å²) in [6.07, 6.45) is 3.10. The largest absolute Gasteiger partial charge is 0.292 e. The molecular weight excluding hydrogens is 240 g/mol. The summed E-state index contributed by atoms with van der Waals surface area (Å²) in [5, 5.41) is 4.52. The van der Waals surface area contributed by atoms with Gasteiger partial charge in [0.15, 0.2) is 5.78 Å². The zero-order chi connectivity index (χ0) is 12.3. The fourth-order valence-corrected chi connectivity index (χ4v) is 1.58. The second kappa shape index (κ2) is 5.05. The Bertz CT molecular complexity index is 521. The van der Waals surface area contributed by atoms with Gasteiger partial charge in [-0.3, -0.25) is 9.78 Å². The van der Waals surface area contributed by atoms with Crippen molar-refractivity contribution in [2.24, 2.45) is 0 Å². The molecule has 0 spiro atoms. The monoisotopic (exact) mass is 250 g/mol. The van der Waals surface area contributed by atoms with E-state index in [4.69, 9.17) is 11.6 Å². The number of pyridine rings is 1. The number of carbonyl (C=O) groups excluding carboxylic acids is 1. The summed E-state index contributed by atoms with van der Waals surface area (Å²) in [4.78, 5) is 19.9. The first kappa shape index (κ1) is 11.7. The van der Waals surface area contributed by atoms with Crippen molar-refractivity contribution < 1.29 is 4.79 Å². The lowest BCUT2D eigenvalue weighted by atomic mass is 10.2. The van der Waals surface area contributed by atoms with Crippen molar-refractivity contribution in [2.45, 2.75) is 19.9 Å². The maximum Gasteiger partial charge on any atom is 0.188 e. The van der Waals surface area contributed by atoms with Gasteiger partial charge in [-0.25, -0.2) is 9.67 Å². The Morgan fingerprint density at radius 3 is 2.88 bits per heavy atom. The summed E-state index contributed by atoms with van der Waals surface area (Å²) in [5.41, 5.74) is 0.389. The molecule has 0 saturated carbocycles. The fourth-order valence-electron chi connectivity index (χ4n) is 1.46. The summed E-state index contributed by atoms with van der Waals surface area (Å²) < 4.78 is 1.69. The van der Waals surface area contributed by atoms with Gasteiger partial charge in [-0.05, 0) is 19.1 Å². The number of rotatable bonds is 4. The van der Waals surface area contributed by atoms with E-state index >= 15 is 0 Å². The zero-order valence-corrected chi connectivity index (χ0v) is 10.1. The minimum Gasteiger partial charge on any atom is -0.292 e. The van der Waals surface area contributed by atoms with E-state index in [1.54, 1.807) is 16.8 Å². The van der Waals surface area contributed by atoms with Gasteiger partial charge in [0.05, 0.1) is 11.4 Å². The number of hydrogen-bond acceptors (Lipinski definition) is 4. The Kier molecular flexibility index (Phi) is 3.49. The zero-order valence-electron chi connectivity index (χ0n) is 9.30. The molecule has 0 aliphatic carbocycles. The molecule has 0 amide bonds. The predicted octanol–water partition coefficient (Wildman–Crippen LogP) is 1.77.